The van der Waals surface area contributed by atoms with Crippen molar-refractivity contribution in [1.29, 1.82) is 0 Å². The minimum Gasteiger partial charge on any atom is -0.360 e. The predicted molar refractivity (Wildman–Crippen MR) is 100 cm³/mol. The fourth-order valence-electron chi connectivity index (χ4n) is 3.64. The van der Waals surface area contributed by atoms with Crippen molar-refractivity contribution in [3.05, 3.63) is 65.7 Å². The molecule has 2 aliphatic rings. The van der Waals surface area contributed by atoms with Crippen molar-refractivity contribution in [3.63, 3.8) is 0 Å². The van der Waals surface area contributed by atoms with Crippen LogP contribution in [0, 0.1) is 0 Å². The minimum atomic E-state index is 0.0305. The Morgan fingerprint density at radius 3 is 2.48 bits per heavy atom. The number of aryl methyl sites for hydroxylation is 1. The molecule has 1 amide bonds. The number of fused-ring (bicyclic) bond motifs is 1. The van der Waals surface area contributed by atoms with E-state index in [4.69, 9.17) is 4.99 Å². The molecule has 0 atom stereocenters. The van der Waals surface area contributed by atoms with Crippen LogP contribution in [0.3, 0.4) is 0 Å². The smallest absolute Gasteiger partial charge is 0.251 e. The van der Waals surface area contributed by atoms with Crippen LogP contribution in [0.15, 0.2) is 59.6 Å². The number of benzene rings is 2. The standard InChI is InChI=1S/C21H23N3O/c25-21(17-7-2-1-3-8-17)22-18-12-14-24(15-13-18)20-11-10-16-6-4-5-9-19(16)23-20/h1-9,18H,10-15H2,(H,22,25). The zero-order chi connectivity index (χ0) is 17.1. The quantitative estimate of drug-likeness (QED) is 0.913. The third-order valence-corrected chi connectivity index (χ3v) is 5.09. The van der Waals surface area contributed by atoms with E-state index in [1.165, 1.54) is 11.4 Å². The summed E-state index contributed by atoms with van der Waals surface area (Å²) in [5, 5.41) is 3.17. The summed E-state index contributed by atoms with van der Waals surface area (Å²) in [4.78, 5) is 19.5. The molecule has 1 N–H and O–H groups in total. The third kappa shape index (κ3) is 3.58. The largest absolute Gasteiger partial charge is 0.360 e. The van der Waals surface area contributed by atoms with Crippen LogP contribution in [-0.2, 0) is 6.42 Å². The molecule has 4 rings (SSSR count). The molecule has 0 aliphatic carbocycles. The number of carbonyl (C=O) groups excluding carboxylic acids is 1. The second-order valence-electron chi connectivity index (χ2n) is 6.76. The predicted octanol–water partition coefficient (Wildman–Crippen LogP) is 3.56. The Hall–Kier alpha value is -2.62. The first-order valence-corrected chi connectivity index (χ1v) is 9.06. The molecule has 0 spiro atoms. The lowest BCUT2D eigenvalue weighted by Crippen LogP contribution is -2.46. The van der Waals surface area contributed by atoms with Crippen molar-refractivity contribution in [2.75, 3.05) is 13.1 Å². The van der Waals surface area contributed by atoms with E-state index in [2.05, 4.69) is 34.5 Å². The summed E-state index contributed by atoms with van der Waals surface area (Å²) >= 11 is 0. The number of nitrogens with zero attached hydrogens (tertiary/aromatic N) is 2. The van der Waals surface area contributed by atoms with Crippen molar-refractivity contribution in [2.45, 2.75) is 31.7 Å². The maximum absolute atomic E-state index is 12.3. The monoisotopic (exact) mass is 333 g/mol. The molecular weight excluding hydrogens is 310 g/mol. The van der Waals surface area contributed by atoms with Crippen LogP contribution in [0.1, 0.15) is 35.2 Å². The van der Waals surface area contributed by atoms with Gasteiger partial charge in [-0.3, -0.25) is 4.79 Å². The number of rotatable bonds is 2. The SMILES string of the molecule is O=C(NC1CCN(C2=Nc3ccccc3CC2)CC1)c1ccccc1. The Morgan fingerprint density at radius 2 is 1.68 bits per heavy atom. The average Bonchev–Trinajstić information content (AvgIpc) is 2.69. The highest BCUT2D eigenvalue weighted by Crippen LogP contribution is 2.27. The maximum atomic E-state index is 12.3. The van der Waals surface area contributed by atoms with Crippen molar-refractivity contribution >= 4 is 17.4 Å². The van der Waals surface area contributed by atoms with Gasteiger partial charge in [0.15, 0.2) is 0 Å². The van der Waals surface area contributed by atoms with Crippen LogP contribution >= 0.6 is 0 Å². The summed E-state index contributed by atoms with van der Waals surface area (Å²) in [6, 6.07) is 18.1. The molecule has 2 aliphatic heterocycles. The van der Waals surface area contributed by atoms with Crippen LogP contribution in [0.5, 0.6) is 0 Å². The first-order valence-electron chi connectivity index (χ1n) is 9.06. The number of amides is 1. The number of hydrogen-bond acceptors (Lipinski definition) is 3. The Balaban J connectivity index is 1.35. The van der Waals surface area contributed by atoms with Crippen LogP contribution in [0.4, 0.5) is 5.69 Å². The fourth-order valence-corrected chi connectivity index (χ4v) is 3.64. The third-order valence-electron chi connectivity index (χ3n) is 5.09. The molecule has 2 heterocycles. The van der Waals surface area contributed by atoms with Crippen molar-refractivity contribution in [2.24, 2.45) is 4.99 Å². The Morgan fingerprint density at radius 1 is 0.960 bits per heavy atom. The minimum absolute atomic E-state index is 0.0305. The molecular formula is C21H23N3O. The van der Waals surface area contributed by atoms with Gasteiger partial charge < -0.3 is 10.2 Å². The van der Waals surface area contributed by atoms with E-state index in [-0.39, 0.29) is 11.9 Å². The molecule has 25 heavy (non-hydrogen) atoms. The second kappa shape index (κ2) is 7.09. The van der Waals surface area contributed by atoms with Crippen LogP contribution in [-0.4, -0.2) is 35.8 Å². The highest BCUT2D eigenvalue weighted by Gasteiger charge is 2.24. The molecule has 1 fully saturated rings. The summed E-state index contributed by atoms with van der Waals surface area (Å²) in [6.45, 7) is 1.92. The molecule has 4 heteroatoms. The van der Waals surface area contributed by atoms with E-state index in [0.29, 0.717) is 0 Å². The lowest BCUT2D eigenvalue weighted by atomic mass is 10.0. The van der Waals surface area contributed by atoms with Gasteiger partial charge in [0, 0.05) is 31.1 Å². The van der Waals surface area contributed by atoms with E-state index in [0.717, 1.165) is 50.0 Å². The molecule has 128 valence electrons. The summed E-state index contributed by atoms with van der Waals surface area (Å²) in [7, 11) is 0. The number of nitrogens with one attached hydrogen (secondary N) is 1. The molecule has 2 aromatic carbocycles. The fraction of sp³-hybridized carbons (Fsp3) is 0.333. The zero-order valence-corrected chi connectivity index (χ0v) is 14.3. The lowest BCUT2D eigenvalue weighted by Gasteiger charge is -2.35. The Bertz CT molecular complexity index is 777. The van der Waals surface area contributed by atoms with Gasteiger partial charge in [0.25, 0.3) is 5.91 Å². The van der Waals surface area contributed by atoms with Crippen molar-refractivity contribution < 1.29 is 4.79 Å². The molecule has 0 bridgehead atoms. The number of hydrogen-bond donors (Lipinski definition) is 1. The lowest BCUT2D eigenvalue weighted by molar-refractivity contribution is 0.0922. The Kier molecular flexibility index (Phi) is 4.51. The van der Waals surface area contributed by atoms with Gasteiger partial charge in [0.1, 0.15) is 5.84 Å². The van der Waals surface area contributed by atoms with E-state index >= 15 is 0 Å². The first-order chi connectivity index (χ1) is 12.3. The maximum Gasteiger partial charge on any atom is 0.251 e. The van der Waals surface area contributed by atoms with E-state index in [1.807, 2.05) is 30.3 Å². The molecule has 2 aromatic rings. The molecule has 1 saturated heterocycles. The number of para-hydroxylation sites is 1. The number of amidine groups is 1. The van der Waals surface area contributed by atoms with E-state index in [9.17, 15) is 4.79 Å². The molecule has 0 radical (unpaired) electrons. The van der Waals surface area contributed by atoms with Gasteiger partial charge in [-0.15, -0.1) is 0 Å². The first kappa shape index (κ1) is 15.9. The topological polar surface area (TPSA) is 44.7 Å². The van der Waals surface area contributed by atoms with Crippen LogP contribution in [0.25, 0.3) is 0 Å². The zero-order valence-electron chi connectivity index (χ0n) is 14.3. The van der Waals surface area contributed by atoms with E-state index < -0.39 is 0 Å². The Labute approximate surface area is 148 Å². The number of aliphatic imine (C=N–C) groups is 1. The van der Waals surface area contributed by atoms with Gasteiger partial charge in [-0.25, -0.2) is 4.99 Å². The molecule has 0 aromatic heterocycles. The highest BCUT2D eigenvalue weighted by atomic mass is 16.1. The van der Waals surface area contributed by atoms with Gasteiger partial charge in [0.05, 0.1) is 5.69 Å². The van der Waals surface area contributed by atoms with Crippen LogP contribution < -0.4 is 5.32 Å². The average molecular weight is 333 g/mol. The van der Waals surface area contributed by atoms with Gasteiger partial charge in [-0.1, -0.05) is 36.4 Å². The van der Waals surface area contributed by atoms with Gasteiger partial charge in [0.2, 0.25) is 0 Å². The normalized spacial score (nSPS) is 17.6. The summed E-state index contributed by atoms with van der Waals surface area (Å²) in [5.74, 6) is 1.23. The highest BCUT2D eigenvalue weighted by molar-refractivity contribution is 5.94. The van der Waals surface area contributed by atoms with Gasteiger partial charge >= 0.3 is 0 Å². The van der Waals surface area contributed by atoms with E-state index in [1.54, 1.807) is 0 Å². The van der Waals surface area contributed by atoms with Crippen LogP contribution in [0.2, 0.25) is 0 Å². The van der Waals surface area contributed by atoms with Crippen molar-refractivity contribution in [3.8, 4) is 0 Å². The summed E-state index contributed by atoms with van der Waals surface area (Å²) in [6.07, 6.45) is 4.02. The molecule has 0 unspecified atom stereocenters. The van der Waals surface area contributed by atoms with Crippen molar-refractivity contribution in [1.82, 2.24) is 10.2 Å². The number of likely N-dealkylation sites (tertiary alicyclic amines) is 1. The second-order valence-corrected chi connectivity index (χ2v) is 6.76. The number of carbonyl (C=O) groups is 1. The molecule has 4 nitrogen and oxygen atoms in total. The number of piperidine rings is 1. The molecule has 0 saturated carbocycles. The van der Waals surface area contributed by atoms with Gasteiger partial charge in [-0.05, 0) is 43.0 Å². The summed E-state index contributed by atoms with van der Waals surface area (Å²) in [5.41, 5.74) is 3.19. The summed E-state index contributed by atoms with van der Waals surface area (Å²) < 4.78 is 0. The van der Waals surface area contributed by atoms with Gasteiger partial charge in [-0.2, -0.15) is 0 Å².